The lowest BCUT2D eigenvalue weighted by Gasteiger charge is -2.44. The van der Waals surface area contributed by atoms with Crippen LogP contribution >= 0.6 is 0 Å². The molecule has 0 saturated carbocycles. The van der Waals surface area contributed by atoms with E-state index >= 15 is 0 Å². The maximum absolute atomic E-state index is 14.2. The maximum Gasteiger partial charge on any atom is 0.356 e. The quantitative estimate of drug-likeness (QED) is 0.155. The fraction of sp³-hybridized carbons (Fsp3) is 0.353. The fourth-order valence-corrected chi connectivity index (χ4v) is 6.49. The molecule has 2 unspecified atom stereocenters. The van der Waals surface area contributed by atoms with Crippen molar-refractivity contribution in [2.45, 2.75) is 51.2 Å². The largest absolute Gasteiger partial charge is 0.465 e. The minimum Gasteiger partial charge on any atom is -0.465 e. The summed E-state index contributed by atoms with van der Waals surface area (Å²) < 4.78 is 16.7. The second-order valence-electron chi connectivity index (χ2n) is 11.2. The van der Waals surface area contributed by atoms with Gasteiger partial charge in [0.15, 0.2) is 0 Å². The Hall–Kier alpha value is -5.34. The third-order valence-electron chi connectivity index (χ3n) is 8.45. The first-order chi connectivity index (χ1) is 22.6. The Morgan fingerprint density at radius 1 is 1.00 bits per heavy atom. The first-order valence-corrected chi connectivity index (χ1v) is 15.3. The number of ether oxygens (including phenoxy) is 3. The Balaban J connectivity index is 0.00000520. The molecule has 2 atom stereocenters. The van der Waals surface area contributed by atoms with Crippen LogP contribution < -0.4 is 0 Å². The molecule has 2 aromatic rings. The lowest BCUT2D eigenvalue weighted by Crippen LogP contribution is -2.50. The van der Waals surface area contributed by atoms with Crippen LogP contribution in [0, 0.1) is 10.1 Å². The van der Waals surface area contributed by atoms with E-state index in [4.69, 9.17) is 19.0 Å². The van der Waals surface area contributed by atoms with Gasteiger partial charge >= 0.3 is 23.9 Å². The van der Waals surface area contributed by atoms with Crippen molar-refractivity contribution in [3.8, 4) is 0 Å². The van der Waals surface area contributed by atoms with Crippen LogP contribution in [0.3, 0.4) is 0 Å². The van der Waals surface area contributed by atoms with Crippen LogP contribution in [0.1, 0.15) is 56.7 Å². The standard InChI is InChI=1S/C34H35N3O10.H2O/c1-4-45-33(41)31-27(16-15-26(35-19-8-9-20-35)23-11-6-5-7-12-23)36-22(2)30(32(40)44-3)34(31,46-28(38)17-18-29(39)47-36)24-13-10-14-25(21-24)37(42)43;/h5-7,10-14,17-18,21,26H,4,8-9,15-16,19-20H2,1-3H3;1H2/b18-17+;. The van der Waals surface area contributed by atoms with Crippen LogP contribution in [0.25, 0.3) is 0 Å². The van der Waals surface area contributed by atoms with E-state index in [2.05, 4.69) is 4.90 Å². The van der Waals surface area contributed by atoms with Crippen LogP contribution in [0.5, 0.6) is 0 Å². The van der Waals surface area contributed by atoms with E-state index in [1.807, 2.05) is 30.3 Å². The first kappa shape index (κ1) is 35.5. The van der Waals surface area contributed by atoms with Crippen molar-refractivity contribution in [1.82, 2.24) is 9.96 Å². The number of nitro groups is 1. The second kappa shape index (κ2) is 15.0. The van der Waals surface area contributed by atoms with Gasteiger partial charge in [0, 0.05) is 35.9 Å². The molecule has 0 spiro atoms. The Kier molecular flexibility index (Phi) is 11.1. The van der Waals surface area contributed by atoms with Gasteiger partial charge in [0.2, 0.25) is 5.60 Å². The number of likely N-dealkylation sites (tertiary alicyclic amines) is 1. The number of fused-ring (bicyclic) bond motifs is 4. The minimum absolute atomic E-state index is 0. The summed E-state index contributed by atoms with van der Waals surface area (Å²) in [5, 5.41) is 13.0. The van der Waals surface area contributed by atoms with Gasteiger partial charge in [0.1, 0.15) is 11.1 Å². The van der Waals surface area contributed by atoms with E-state index < -0.39 is 40.0 Å². The van der Waals surface area contributed by atoms with Crippen LogP contribution in [0.15, 0.2) is 89.3 Å². The first-order valence-electron chi connectivity index (χ1n) is 15.3. The summed E-state index contributed by atoms with van der Waals surface area (Å²) in [5.41, 5.74) is -2.54. The number of allylic oxidation sites excluding steroid dienone is 2. The molecule has 14 heteroatoms. The molecular formula is C34H37N3O11. The molecule has 0 aliphatic carbocycles. The van der Waals surface area contributed by atoms with Crippen molar-refractivity contribution < 1.29 is 48.6 Å². The molecule has 0 aromatic heterocycles. The van der Waals surface area contributed by atoms with Crippen LogP contribution in [-0.4, -0.2) is 71.0 Å². The number of benzene rings is 2. The van der Waals surface area contributed by atoms with Crippen LogP contribution in [-0.2, 0) is 43.8 Å². The highest BCUT2D eigenvalue weighted by Crippen LogP contribution is 2.51. The van der Waals surface area contributed by atoms with Crippen molar-refractivity contribution in [2.75, 3.05) is 26.8 Å². The number of carbonyl (C=O) groups excluding carboxylic acids is 4. The van der Waals surface area contributed by atoms with Crippen molar-refractivity contribution in [3.63, 3.8) is 0 Å². The smallest absolute Gasteiger partial charge is 0.356 e. The topological polar surface area (TPSA) is 186 Å². The molecule has 2 aromatic carbocycles. The summed E-state index contributed by atoms with van der Waals surface area (Å²) in [6.45, 7) is 4.63. The van der Waals surface area contributed by atoms with Gasteiger partial charge < -0.3 is 24.5 Å². The maximum atomic E-state index is 14.2. The number of rotatable bonds is 10. The van der Waals surface area contributed by atoms with Crippen LogP contribution in [0.2, 0.25) is 0 Å². The van der Waals surface area contributed by atoms with E-state index in [0.717, 1.165) is 61.9 Å². The minimum atomic E-state index is -2.40. The molecule has 0 radical (unpaired) electrons. The molecule has 254 valence electrons. The zero-order valence-electron chi connectivity index (χ0n) is 26.8. The zero-order valence-corrected chi connectivity index (χ0v) is 26.8. The Morgan fingerprint density at radius 3 is 2.33 bits per heavy atom. The van der Waals surface area contributed by atoms with Crippen molar-refractivity contribution >= 4 is 29.6 Å². The second-order valence-corrected chi connectivity index (χ2v) is 11.2. The number of hydrogen-bond acceptors (Lipinski definition) is 12. The molecule has 4 aliphatic rings. The molecular weight excluding hydrogens is 626 g/mol. The highest BCUT2D eigenvalue weighted by atomic mass is 16.7. The van der Waals surface area contributed by atoms with E-state index in [-0.39, 0.29) is 52.8 Å². The van der Waals surface area contributed by atoms with Gasteiger partial charge in [0.25, 0.3) is 5.69 Å². The summed E-state index contributed by atoms with van der Waals surface area (Å²) >= 11 is 0. The molecule has 2 bridgehead atoms. The summed E-state index contributed by atoms with van der Waals surface area (Å²) in [7, 11) is 1.09. The average molecular weight is 664 g/mol. The van der Waals surface area contributed by atoms with E-state index in [9.17, 15) is 29.3 Å². The number of methoxy groups -OCH3 is 1. The third kappa shape index (κ3) is 6.71. The summed E-state index contributed by atoms with van der Waals surface area (Å²) in [4.78, 5) is 73.7. The number of esters is 3. The van der Waals surface area contributed by atoms with E-state index in [0.29, 0.717) is 6.42 Å². The number of carbonyl (C=O) groups is 4. The Labute approximate surface area is 276 Å². The van der Waals surface area contributed by atoms with E-state index in [1.165, 1.54) is 25.1 Å². The molecule has 2 N–H and O–H groups in total. The Bertz CT molecular complexity index is 1680. The molecule has 1 saturated heterocycles. The van der Waals surface area contributed by atoms with Gasteiger partial charge in [-0.3, -0.25) is 15.0 Å². The van der Waals surface area contributed by atoms with E-state index in [1.54, 1.807) is 6.92 Å². The monoisotopic (exact) mass is 663 g/mol. The van der Waals surface area contributed by atoms with Crippen molar-refractivity contribution in [1.29, 1.82) is 0 Å². The zero-order chi connectivity index (χ0) is 33.7. The highest BCUT2D eigenvalue weighted by Gasteiger charge is 2.58. The molecule has 4 heterocycles. The van der Waals surface area contributed by atoms with Crippen LogP contribution in [0.4, 0.5) is 5.69 Å². The van der Waals surface area contributed by atoms with Gasteiger partial charge in [-0.15, -0.1) is 0 Å². The molecule has 6 rings (SSSR count). The summed E-state index contributed by atoms with van der Waals surface area (Å²) in [6.07, 6.45) is 4.16. The number of hydrogen-bond donors (Lipinski definition) is 0. The number of hydroxylamine groups is 2. The molecule has 48 heavy (non-hydrogen) atoms. The molecule has 0 amide bonds. The Morgan fingerprint density at radius 2 is 1.69 bits per heavy atom. The fourth-order valence-electron chi connectivity index (χ4n) is 6.49. The van der Waals surface area contributed by atoms with Crippen molar-refractivity contribution in [3.05, 3.63) is 111 Å². The predicted molar refractivity (Wildman–Crippen MR) is 169 cm³/mol. The van der Waals surface area contributed by atoms with Gasteiger partial charge in [-0.2, -0.15) is 5.06 Å². The predicted octanol–water partition coefficient (Wildman–Crippen LogP) is 3.73. The summed E-state index contributed by atoms with van der Waals surface area (Å²) in [6, 6.07) is 14.8. The van der Waals surface area contributed by atoms with Gasteiger partial charge in [0.05, 0.1) is 30.0 Å². The van der Waals surface area contributed by atoms with Gasteiger partial charge in [-0.05, 0) is 58.2 Å². The average Bonchev–Trinajstić information content (AvgIpc) is 3.60. The SMILES string of the molecule is CCOC(=O)C1=C(CCC(c2ccccc2)N2CCCC2)N2OC(=O)/C=C/C(=O)OC1(c1cccc([N+](=O)[O-])c1)C(C(=O)OC)=C2C.O. The third-order valence-corrected chi connectivity index (χ3v) is 8.45. The summed E-state index contributed by atoms with van der Waals surface area (Å²) in [5.74, 6) is -4.13. The normalized spacial score (nSPS) is 20.8. The highest BCUT2D eigenvalue weighted by molar-refractivity contribution is 6.03. The van der Waals surface area contributed by atoms with Gasteiger partial charge in [-0.25, -0.2) is 19.2 Å². The molecule has 14 nitrogen and oxygen atoms in total. The molecule has 4 aliphatic heterocycles. The molecule has 1 fully saturated rings. The van der Waals surface area contributed by atoms with Crippen molar-refractivity contribution in [2.24, 2.45) is 0 Å². The lowest BCUT2D eigenvalue weighted by atomic mass is 9.74. The number of non-ortho nitro benzene ring substituents is 1. The van der Waals surface area contributed by atoms with Gasteiger partial charge in [-0.1, -0.05) is 42.5 Å². The number of nitrogens with zero attached hydrogens (tertiary/aromatic N) is 3. The lowest BCUT2D eigenvalue weighted by molar-refractivity contribution is -0.385. The number of nitro benzene ring substituents is 1.